The fraction of sp³-hybridized carbons (Fsp3) is 0.385. The van der Waals surface area contributed by atoms with E-state index >= 15 is 0 Å². The summed E-state index contributed by atoms with van der Waals surface area (Å²) in [6.45, 7) is 3.61. The summed E-state index contributed by atoms with van der Waals surface area (Å²) in [5.74, 6) is -0.0808. The minimum Gasteiger partial charge on any atom is -0.313 e. The minimum absolute atomic E-state index is 0.0808. The second kappa shape index (κ2) is 4.98. The first kappa shape index (κ1) is 13.2. The lowest BCUT2D eigenvalue weighted by Crippen LogP contribution is -2.52. The van der Waals surface area contributed by atoms with Crippen molar-refractivity contribution in [1.29, 1.82) is 5.26 Å². The second-order valence-electron chi connectivity index (χ2n) is 4.37. The number of nitriles is 1. The molecule has 4 nitrogen and oxygen atoms in total. The third kappa shape index (κ3) is 2.63. The van der Waals surface area contributed by atoms with Crippen LogP contribution in [0.2, 0.25) is 0 Å². The van der Waals surface area contributed by atoms with Gasteiger partial charge in [0, 0.05) is 7.05 Å². The van der Waals surface area contributed by atoms with Gasteiger partial charge in [0.15, 0.2) is 0 Å². The second-order valence-corrected chi connectivity index (χ2v) is 4.37. The number of likely N-dealkylation sites (N-methyl/N-ethyl adjacent to an activating group) is 2. The predicted molar refractivity (Wildman–Crippen MR) is 67.7 cm³/mol. The van der Waals surface area contributed by atoms with Crippen molar-refractivity contribution in [2.24, 2.45) is 0 Å². The van der Waals surface area contributed by atoms with E-state index in [4.69, 9.17) is 5.26 Å². The average Bonchev–Trinajstić information content (AvgIpc) is 2.36. The number of nitrogens with zero attached hydrogens (tertiary/aromatic N) is 2. The fourth-order valence-electron chi connectivity index (χ4n) is 1.50. The molecule has 0 heterocycles. The molecule has 0 saturated carbocycles. The summed E-state index contributed by atoms with van der Waals surface area (Å²) in [5.41, 5.74) is 0.468. The first-order valence-corrected chi connectivity index (χ1v) is 5.40. The van der Waals surface area contributed by atoms with Crippen molar-refractivity contribution in [1.82, 2.24) is 5.32 Å². The Balaban J connectivity index is 3.10. The highest BCUT2D eigenvalue weighted by Crippen LogP contribution is 2.20. The van der Waals surface area contributed by atoms with Crippen molar-refractivity contribution < 1.29 is 4.79 Å². The minimum atomic E-state index is -0.655. The lowest BCUT2D eigenvalue weighted by Gasteiger charge is -2.29. The quantitative estimate of drug-likeness (QED) is 0.858. The molecule has 1 aromatic carbocycles. The fourth-order valence-corrected chi connectivity index (χ4v) is 1.50. The molecule has 90 valence electrons. The average molecular weight is 231 g/mol. The zero-order chi connectivity index (χ0) is 13.1. The van der Waals surface area contributed by atoms with Gasteiger partial charge in [-0.25, -0.2) is 0 Å². The Morgan fingerprint density at radius 2 is 2.00 bits per heavy atom. The zero-order valence-electron chi connectivity index (χ0n) is 10.6. The van der Waals surface area contributed by atoms with E-state index in [1.54, 1.807) is 46.1 Å². The highest BCUT2D eigenvalue weighted by molar-refractivity contribution is 6.00. The number of carbonyl (C=O) groups excluding carboxylic acids is 1. The Morgan fingerprint density at radius 3 is 2.53 bits per heavy atom. The molecule has 1 aromatic rings. The molecule has 1 rings (SSSR count). The molecule has 0 bridgehead atoms. The molecule has 0 radical (unpaired) electrons. The summed E-state index contributed by atoms with van der Waals surface area (Å²) in [4.78, 5) is 13.7. The number of hydrogen-bond acceptors (Lipinski definition) is 3. The molecule has 0 aliphatic heterocycles. The molecule has 17 heavy (non-hydrogen) atoms. The van der Waals surface area contributed by atoms with Crippen LogP contribution >= 0.6 is 0 Å². The molecule has 0 aliphatic rings. The van der Waals surface area contributed by atoms with Crippen LogP contribution in [0.4, 0.5) is 5.69 Å². The number of benzene rings is 1. The number of rotatable bonds is 3. The van der Waals surface area contributed by atoms with Crippen LogP contribution < -0.4 is 10.2 Å². The third-order valence-electron chi connectivity index (χ3n) is 2.85. The number of nitrogens with one attached hydrogen (secondary N) is 1. The molecular weight excluding hydrogens is 214 g/mol. The van der Waals surface area contributed by atoms with Gasteiger partial charge in [-0.2, -0.15) is 5.26 Å². The zero-order valence-corrected chi connectivity index (χ0v) is 10.6. The maximum absolute atomic E-state index is 12.2. The molecule has 0 spiro atoms. The first-order chi connectivity index (χ1) is 7.94. The van der Waals surface area contributed by atoms with E-state index in [0.29, 0.717) is 11.3 Å². The molecule has 1 amide bonds. The van der Waals surface area contributed by atoms with Crippen molar-refractivity contribution in [3.8, 4) is 6.07 Å². The van der Waals surface area contributed by atoms with Gasteiger partial charge in [0.1, 0.15) is 6.07 Å². The van der Waals surface area contributed by atoms with Gasteiger partial charge in [-0.3, -0.25) is 4.79 Å². The van der Waals surface area contributed by atoms with Gasteiger partial charge in [-0.1, -0.05) is 12.1 Å². The molecule has 0 atom stereocenters. The summed E-state index contributed by atoms with van der Waals surface area (Å²) in [6.07, 6.45) is 0. The summed E-state index contributed by atoms with van der Waals surface area (Å²) >= 11 is 0. The lowest BCUT2D eigenvalue weighted by molar-refractivity contribution is -0.123. The van der Waals surface area contributed by atoms with Gasteiger partial charge in [0.05, 0.1) is 16.8 Å². The summed E-state index contributed by atoms with van der Waals surface area (Å²) < 4.78 is 0. The van der Waals surface area contributed by atoms with E-state index in [9.17, 15) is 4.79 Å². The number of amides is 1. The van der Waals surface area contributed by atoms with Crippen LogP contribution in [0, 0.1) is 11.3 Å². The van der Waals surface area contributed by atoms with Gasteiger partial charge in [-0.15, -0.1) is 0 Å². The monoisotopic (exact) mass is 231 g/mol. The van der Waals surface area contributed by atoms with Gasteiger partial charge in [0.25, 0.3) is 0 Å². The molecule has 0 fully saturated rings. The molecule has 1 N–H and O–H groups in total. The molecule has 0 saturated heterocycles. The Bertz CT molecular complexity index is 460. The SMILES string of the molecule is CNC(C)(C)C(=O)N(C)c1ccccc1C#N. The van der Waals surface area contributed by atoms with E-state index in [0.717, 1.165) is 0 Å². The van der Waals surface area contributed by atoms with Crippen molar-refractivity contribution in [3.63, 3.8) is 0 Å². The topological polar surface area (TPSA) is 56.1 Å². The van der Waals surface area contributed by atoms with E-state index in [2.05, 4.69) is 11.4 Å². The number of hydrogen-bond donors (Lipinski definition) is 1. The third-order valence-corrected chi connectivity index (χ3v) is 2.85. The van der Waals surface area contributed by atoms with E-state index in [-0.39, 0.29) is 5.91 Å². The van der Waals surface area contributed by atoms with Crippen LogP contribution in [0.25, 0.3) is 0 Å². The predicted octanol–water partition coefficient (Wildman–Crippen LogP) is 1.52. The Kier molecular flexibility index (Phi) is 3.87. The molecule has 0 aliphatic carbocycles. The number of anilines is 1. The van der Waals surface area contributed by atoms with E-state index in [1.807, 2.05) is 6.07 Å². The maximum atomic E-state index is 12.2. The number of carbonyl (C=O) groups is 1. The summed E-state index contributed by atoms with van der Waals surface area (Å²) in [5, 5.41) is 12.0. The van der Waals surface area contributed by atoms with Crippen molar-refractivity contribution in [2.75, 3.05) is 19.0 Å². The van der Waals surface area contributed by atoms with Crippen LogP contribution in [-0.2, 0) is 4.79 Å². The number of para-hydroxylation sites is 1. The van der Waals surface area contributed by atoms with Crippen molar-refractivity contribution in [2.45, 2.75) is 19.4 Å². The highest BCUT2D eigenvalue weighted by Gasteiger charge is 2.29. The molecule has 0 unspecified atom stereocenters. The maximum Gasteiger partial charge on any atom is 0.246 e. The van der Waals surface area contributed by atoms with Gasteiger partial charge < -0.3 is 10.2 Å². The van der Waals surface area contributed by atoms with Crippen LogP contribution in [0.1, 0.15) is 19.4 Å². The Hall–Kier alpha value is -1.86. The lowest BCUT2D eigenvalue weighted by atomic mass is 10.0. The van der Waals surface area contributed by atoms with Crippen LogP contribution in [-0.4, -0.2) is 25.5 Å². The van der Waals surface area contributed by atoms with Crippen LogP contribution in [0.5, 0.6) is 0 Å². The summed E-state index contributed by atoms with van der Waals surface area (Å²) in [7, 11) is 3.42. The first-order valence-electron chi connectivity index (χ1n) is 5.40. The normalized spacial score (nSPS) is 10.8. The van der Waals surface area contributed by atoms with Crippen molar-refractivity contribution >= 4 is 11.6 Å². The van der Waals surface area contributed by atoms with E-state index < -0.39 is 5.54 Å². The molecule has 4 heteroatoms. The standard InChI is InChI=1S/C13H17N3O/c1-13(2,15-3)12(17)16(4)11-8-6-5-7-10(11)9-14/h5-8,15H,1-4H3. The Morgan fingerprint density at radius 1 is 1.41 bits per heavy atom. The van der Waals surface area contributed by atoms with E-state index in [1.165, 1.54) is 4.90 Å². The summed E-state index contributed by atoms with van der Waals surface area (Å²) in [6, 6.07) is 9.15. The van der Waals surface area contributed by atoms with Gasteiger partial charge >= 0.3 is 0 Å². The highest BCUT2D eigenvalue weighted by atomic mass is 16.2. The Labute approximate surface area is 102 Å². The van der Waals surface area contributed by atoms with Crippen LogP contribution in [0.3, 0.4) is 0 Å². The van der Waals surface area contributed by atoms with Gasteiger partial charge in [-0.05, 0) is 33.0 Å². The van der Waals surface area contributed by atoms with Crippen LogP contribution in [0.15, 0.2) is 24.3 Å². The van der Waals surface area contributed by atoms with Crippen molar-refractivity contribution in [3.05, 3.63) is 29.8 Å². The largest absolute Gasteiger partial charge is 0.313 e. The smallest absolute Gasteiger partial charge is 0.246 e. The molecular formula is C13H17N3O. The van der Waals surface area contributed by atoms with Gasteiger partial charge in [0.2, 0.25) is 5.91 Å². The molecule has 0 aromatic heterocycles.